The Balaban J connectivity index is 2.12. The summed E-state index contributed by atoms with van der Waals surface area (Å²) >= 11 is 5.79. The van der Waals surface area contributed by atoms with Gasteiger partial charge in [-0.05, 0) is 36.2 Å². The molecule has 0 aliphatic heterocycles. The van der Waals surface area contributed by atoms with Crippen molar-refractivity contribution in [2.75, 3.05) is 11.1 Å². The number of aromatic nitrogens is 2. The number of aryl methyl sites for hydroxylation is 1. The lowest BCUT2D eigenvalue weighted by Crippen LogP contribution is -2.07. The largest absolute Gasteiger partial charge is 0.394 e. The highest BCUT2D eigenvalue weighted by Gasteiger charge is 2.07. The van der Waals surface area contributed by atoms with Gasteiger partial charge >= 0.3 is 0 Å². The van der Waals surface area contributed by atoms with Crippen LogP contribution >= 0.6 is 11.6 Å². The zero-order valence-corrected chi connectivity index (χ0v) is 11.1. The summed E-state index contributed by atoms with van der Waals surface area (Å²) in [6.45, 7) is 2.32. The Labute approximate surface area is 116 Å². The third-order valence-corrected chi connectivity index (χ3v) is 2.82. The predicted molar refractivity (Wildman–Crippen MR) is 74.7 cm³/mol. The van der Waals surface area contributed by atoms with E-state index in [-0.39, 0.29) is 5.28 Å². The minimum atomic E-state index is 0.161. The average Bonchev–Trinajstić information content (AvgIpc) is 2.41. The highest BCUT2D eigenvalue weighted by atomic mass is 35.5. The molecule has 0 bridgehead atoms. The van der Waals surface area contributed by atoms with Gasteiger partial charge in [-0.15, -0.1) is 0 Å². The van der Waals surface area contributed by atoms with Gasteiger partial charge in [-0.1, -0.05) is 12.1 Å². The molecule has 1 aromatic heterocycles. The number of halogens is 1. The van der Waals surface area contributed by atoms with Crippen LogP contribution in [-0.2, 0) is 6.54 Å². The molecule has 1 heterocycles. The van der Waals surface area contributed by atoms with Crippen molar-refractivity contribution < 1.29 is 0 Å². The van der Waals surface area contributed by atoms with Gasteiger partial charge in [-0.2, -0.15) is 10.2 Å². The summed E-state index contributed by atoms with van der Waals surface area (Å²) in [7, 11) is 0. The van der Waals surface area contributed by atoms with Gasteiger partial charge in [0.15, 0.2) is 5.82 Å². The first-order chi connectivity index (χ1) is 9.10. The van der Waals surface area contributed by atoms with E-state index in [4.69, 9.17) is 22.6 Å². The lowest BCUT2D eigenvalue weighted by Gasteiger charge is -2.10. The molecule has 6 heteroatoms. The van der Waals surface area contributed by atoms with E-state index in [0.717, 1.165) is 5.56 Å². The smallest absolute Gasteiger partial charge is 0.224 e. The Morgan fingerprint density at radius 1 is 1.32 bits per heavy atom. The van der Waals surface area contributed by atoms with Crippen molar-refractivity contribution >= 4 is 23.1 Å². The fourth-order valence-corrected chi connectivity index (χ4v) is 1.78. The Bertz CT molecular complexity index is 631. The molecular formula is C13H12ClN5. The third-order valence-electron chi connectivity index (χ3n) is 2.65. The van der Waals surface area contributed by atoms with Crippen LogP contribution in [0.2, 0.25) is 5.28 Å². The monoisotopic (exact) mass is 273 g/mol. The standard InChI is InChI=1S/C13H12ClN5/c1-8-11(16)12(19-13(14)18-8)17-7-10-4-2-9(6-15)3-5-10/h2-5H,7,16H2,1H3,(H,17,18,19). The van der Waals surface area contributed by atoms with Crippen LogP contribution in [-0.4, -0.2) is 9.97 Å². The molecule has 0 saturated carbocycles. The minimum absolute atomic E-state index is 0.161. The number of hydrogen-bond acceptors (Lipinski definition) is 5. The SMILES string of the molecule is Cc1nc(Cl)nc(NCc2ccc(C#N)cc2)c1N. The fraction of sp³-hybridized carbons (Fsp3) is 0.154. The van der Waals surface area contributed by atoms with Gasteiger partial charge in [0.1, 0.15) is 0 Å². The number of nitrogens with two attached hydrogens (primary N) is 1. The summed E-state index contributed by atoms with van der Waals surface area (Å²) in [4.78, 5) is 8.01. The number of rotatable bonds is 3. The maximum atomic E-state index is 8.72. The van der Waals surface area contributed by atoms with Crippen molar-refractivity contribution in [3.05, 3.63) is 46.4 Å². The van der Waals surface area contributed by atoms with Gasteiger partial charge in [0.05, 0.1) is 23.0 Å². The van der Waals surface area contributed by atoms with E-state index in [9.17, 15) is 0 Å². The maximum absolute atomic E-state index is 8.72. The van der Waals surface area contributed by atoms with E-state index in [1.165, 1.54) is 0 Å². The molecule has 2 rings (SSSR count). The molecule has 0 atom stereocenters. The zero-order chi connectivity index (χ0) is 13.8. The number of nitrogens with zero attached hydrogens (tertiary/aromatic N) is 3. The van der Waals surface area contributed by atoms with Crippen LogP contribution in [0.15, 0.2) is 24.3 Å². The topological polar surface area (TPSA) is 87.6 Å². The second kappa shape index (κ2) is 5.55. The average molecular weight is 274 g/mol. The van der Waals surface area contributed by atoms with Gasteiger partial charge in [0.2, 0.25) is 5.28 Å². The number of hydrogen-bond donors (Lipinski definition) is 2. The summed E-state index contributed by atoms with van der Waals surface area (Å²) in [5.74, 6) is 0.516. The van der Waals surface area contributed by atoms with Crippen LogP contribution in [0.3, 0.4) is 0 Å². The minimum Gasteiger partial charge on any atom is -0.394 e. The lowest BCUT2D eigenvalue weighted by atomic mass is 10.1. The first kappa shape index (κ1) is 13.1. The van der Waals surface area contributed by atoms with Crippen molar-refractivity contribution in [2.24, 2.45) is 0 Å². The first-order valence-electron chi connectivity index (χ1n) is 5.62. The van der Waals surface area contributed by atoms with Crippen LogP contribution in [0.1, 0.15) is 16.8 Å². The molecule has 0 aliphatic carbocycles. The molecule has 0 unspecified atom stereocenters. The molecule has 0 amide bonds. The van der Waals surface area contributed by atoms with E-state index in [1.54, 1.807) is 19.1 Å². The van der Waals surface area contributed by atoms with Crippen LogP contribution in [0, 0.1) is 18.3 Å². The highest BCUT2D eigenvalue weighted by molar-refractivity contribution is 6.28. The summed E-state index contributed by atoms with van der Waals surface area (Å²) in [6, 6.07) is 9.34. The molecule has 5 nitrogen and oxygen atoms in total. The molecule has 96 valence electrons. The lowest BCUT2D eigenvalue weighted by molar-refractivity contribution is 1.06. The Hall–Kier alpha value is -2.32. The first-order valence-corrected chi connectivity index (χ1v) is 6.00. The maximum Gasteiger partial charge on any atom is 0.224 e. The van der Waals surface area contributed by atoms with Crippen molar-refractivity contribution in [1.82, 2.24) is 9.97 Å². The normalized spacial score (nSPS) is 9.95. The predicted octanol–water partition coefficient (Wildman–Crippen LogP) is 2.50. The van der Waals surface area contributed by atoms with Gasteiger partial charge in [-0.25, -0.2) is 4.98 Å². The molecule has 19 heavy (non-hydrogen) atoms. The van der Waals surface area contributed by atoms with Gasteiger partial charge in [0.25, 0.3) is 0 Å². The molecule has 0 radical (unpaired) electrons. The molecule has 0 aliphatic rings. The Morgan fingerprint density at radius 2 is 2.00 bits per heavy atom. The summed E-state index contributed by atoms with van der Waals surface area (Å²) in [5, 5.41) is 12.0. The van der Waals surface area contributed by atoms with Crippen molar-refractivity contribution in [1.29, 1.82) is 5.26 Å². The second-order valence-electron chi connectivity index (χ2n) is 4.00. The van der Waals surface area contributed by atoms with Crippen LogP contribution in [0.4, 0.5) is 11.5 Å². The van der Waals surface area contributed by atoms with Gasteiger partial charge < -0.3 is 11.1 Å². The van der Waals surface area contributed by atoms with E-state index < -0.39 is 0 Å². The highest BCUT2D eigenvalue weighted by Crippen LogP contribution is 2.21. The molecule has 0 spiro atoms. The summed E-state index contributed by atoms with van der Waals surface area (Å²) in [5.41, 5.74) is 8.65. The van der Waals surface area contributed by atoms with E-state index in [0.29, 0.717) is 29.3 Å². The molecule has 2 aromatic rings. The number of nitrogens with one attached hydrogen (secondary N) is 1. The number of benzene rings is 1. The number of nitrogen functional groups attached to an aromatic ring is 1. The molecule has 0 fully saturated rings. The zero-order valence-electron chi connectivity index (χ0n) is 10.3. The third kappa shape index (κ3) is 3.12. The van der Waals surface area contributed by atoms with Crippen molar-refractivity contribution in [3.63, 3.8) is 0 Å². The van der Waals surface area contributed by atoms with Gasteiger partial charge in [0, 0.05) is 6.54 Å². The quantitative estimate of drug-likeness (QED) is 0.839. The molecular weight excluding hydrogens is 262 g/mol. The second-order valence-corrected chi connectivity index (χ2v) is 4.34. The van der Waals surface area contributed by atoms with E-state index >= 15 is 0 Å². The van der Waals surface area contributed by atoms with Crippen LogP contribution < -0.4 is 11.1 Å². The summed E-state index contributed by atoms with van der Waals surface area (Å²) in [6.07, 6.45) is 0. The van der Waals surface area contributed by atoms with E-state index in [2.05, 4.69) is 21.4 Å². The number of anilines is 2. The van der Waals surface area contributed by atoms with Crippen molar-refractivity contribution in [3.8, 4) is 6.07 Å². The van der Waals surface area contributed by atoms with Crippen LogP contribution in [0.25, 0.3) is 0 Å². The fourth-order valence-electron chi connectivity index (χ4n) is 1.57. The van der Waals surface area contributed by atoms with E-state index in [1.807, 2.05) is 12.1 Å². The molecule has 0 saturated heterocycles. The van der Waals surface area contributed by atoms with Crippen LogP contribution in [0.5, 0.6) is 0 Å². The number of nitriles is 1. The Kier molecular flexibility index (Phi) is 3.83. The van der Waals surface area contributed by atoms with Crippen molar-refractivity contribution in [2.45, 2.75) is 13.5 Å². The van der Waals surface area contributed by atoms with Gasteiger partial charge in [-0.3, -0.25) is 0 Å². The summed E-state index contributed by atoms with van der Waals surface area (Å²) < 4.78 is 0. The Morgan fingerprint density at radius 3 is 2.63 bits per heavy atom. The molecule has 1 aromatic carbocycles. The molecule has 3 N–H and O–H groups in total.